The van der Waals surface area contributed by atoms with Gasteiger partial charge >= 0.3 is 0 Å². The number of fused-ring (bicyclic) bond motifs is 1. The van der Waals surface area contributed by atoms with E-state index in [-0.39, 0.29) is 17.8 Å². The third-order valence-electron chi connectivity index (χ3n) is 5.95. The number of benzene rings is 3. The molecule has 32 heavy (non-hydrogen) atoms. The Hall–Kier alpha value is -3.44. The van der Waals surface area contributed by atoms with E-state index in [0.29, 0.717) is 26.0 Å². The second kappa shape index (κ2) is 9.79. The zero-order valence-electron chi connectivity index (χ0n) is 18.2. The van der Waals surface area contributed by atoms with Gasteiger partial charge in [0.2, 0.25) is 0 Å². The summed E-state index contributed by atoms with van der Waals surface area (Å²) in [7, 11) is 1.61. The first-order valence-corrected chi connectivity index (χ1v) is 10.9. The molecule has 1 aliphatic rings. The van der Waals surface area contributed by atoms with E-state index in [2.05, 4.69) is 0 Å². The number of carbonyl (C=O) groups is 2. The monoisotopic (exact) mass is 429 g/mol. The molecule has 0 radical (unpaired) electrons. The smallest absolute Gasteiger partial charge is 0.290 e. The molecule has 1 N–H and O–H groups in total. The lowest BCUT2D eigenvalue weighted by Gasteiger charge is -2.28. The van der Waals surface area contributed by atoms with Crippen molar-refractivity contribution in [3.8, 4) is 0 Å². The number of ether oxygens (including phenoxy) is 1. The number of carbonyl (C=O) groups excluding carboxylic acids is 2. The molecule has 0 saturated heterocycles. The molecule has 0 aromatic heterocycles. The summed E-state index contributed by atoms with van der Waals surface area (Å²) in [6, 6.07) is 22.9. The molecular formula is C27H27NO4. The molecule has 5 heteroatoms. The number of methoxy groups -OCH3 is 1. The predicted molar refractivity (Wildman–Crippen MR) is 124 cm³/mol. The highest BCUT2D eigenvalue weighted by molar-refractivity contribution is 6.09. The molecule has 4 rings (SSSR count). The molecule has 3 aromatic carbocycles. The summed E-state index contributed by atoms with van der Waals surface area (Å²) < 4.78 is 5.16. The van der Waals surface area contributed by atoms with Crippen molar-refractivity contribution in [2.24, 2.45) is 0 Å². The molecule has 1 unspecified atom stereocenters. The van der Waals surface area contributed by atoms with Crippen LogP contribution in [0.5, 0.6) is 0 Å². The third kappa shape index (κ3) is 4.30. The second-order valence-electron chi connectivity index (χ2n) is 7.99. The Kier molecular flexibility index (Phi) is 6.66. The fourth-order valence-corrected chi connectivity index (χ4v) is 4.40. The van der Waals surface area contributed by atoms with Crippen LogP contribution in [0.4, 0.5) is 0 Å². The van der Waals surface area contributed by atoms with E-state index in [1.165, 1.54) is 0 Å². The lowest BCUT2D eigenvalue weighted by atomic mass is 9.90. The molecule has 0 fully saturated rings. The Morgan fingerprint density at radius 3 is 2.50 bits per heavy atom. The van der Waals surface area contributed by atoms with Gasteiger partial charge in [-0.05, 0) is 34.7 Å². The number of aryl methyl sites for hydroxylation is 1. The van der Waals surface area contributed by atoms with Crippen LogP contribution in [0.15, 0.2) is 84.1 Å². The Bertz CT molecular complexity index is 1150. The number of nitrogens with zero attached hydrogens (tertiary/aromatic N) is 1. The summed E-state index contributed by atoms with van der Waals surface area (Å²) in [6.45, 7) is 0.879. The van der Waals surface area contributed by atoms with Crippen LogP contribution in [-0.2, 0) is 20.7 Å². The Labute approximate surface area is 187 Å². The van der Waals surface area contributed by atoms with Crippen LogP contribution in [0.2, 0.25) is 0 Å². The number of rotatable bonds is 9. The lowest BCUT2D eigenvalue weighted by molar-refractivity contribution is -0.129. The highest BCUT2D eigenvalue weighted by atomic mass is 16.5. The van der Waals surface area contributed by atoms with Crippen molar-refractivity contribution >= 4 is 22.5 Å². The molecule has 0 spiro atoms. The fourth-order valence-electron chi connectivity index (χ4n) is 4.40. The summed E-state index contributed by atoms with van der Waals surface area (Å²) in [4.78, 5) is 28.0. The van der Waals surface area contributed by atoms with Crippen molar-refractivity contribution in [3.63, 3.8) is 0 Å². The Morgan fingerprint density at radius 2 is 1.72 bits per heavy atom. The summed E-state index contributed by atoms with van der Waals surface area (Å²) in [5, 5.41) is 12.8. The van der Waals surface area contributed by atoms with Gasteiger partial charge in [-0.2, -0.15) is 0 Å². The molecule has 0 bridgehead atoms. The van der Waals surface area contributed by atoms with Crippen molar-refractivity contribution in [2.75, 3.05) is 20.3 Å². The number of aliphatic hydroxyl groups excluding tert-OH is 1. The minimum absolute atomic E-state index is 0.194. The fraction of sp³-hybridized carbons (Fsp3) is 0.259. The van der Waals surface area contributed by atoms with Crippen molar-refractivity contribution < 1.29 is 19.4 Å². The van der Waals surface area contributed by atoms with Crippen LogP contribution in [0.1, 0.15) is 30.0 Å². The molecule has 1 amide bonds. The van der Waals surface area contributed by atoms with E-state index in [4.69, 9.17) is 4.74 Å². The molecule has 1 heterocycles. The van der Waals surface area contributed by atoms with E-state index in [1.54, 1.807) is 12.0 Å². The number of amides is 1. The normalized spacial score (nSPS) is 16.2. The molecule has 0 saturated carbocycles. The molecule has 164 valence electrons. The first kappa shape index (κ1) is 21.8. The minimum Gasteiger partial charge on any atom is -0.503 e. The van der Waals surface area contributed by atoms with E-state index in [1.807, 2.05) is 72.8 Å². The van der Waals surface area contributed by atoms with Gasteiger partial charge in [-0.25, -0.2) is 0 Å². The molecule has 1 atom stereocenters. The first-order valence-electron chi connectivity index (χ1n) is 10.9. The number of hydrogen-bond donors (Lipinski definition) is 1. The zero-order valence-corrected chi connectivity index (χ0v) is 18.2. The number of ketones is 1. The van der Waals surface area contributed by atoms with Crippen LogP contribution in [0, 0.1) is 0 Å². The van der Waals surface area contributed by atoms with E-state index >= 15 is 0 Å². The highest BCUT2D eigenvalue weighted by Crippen LogP contribution is 2.41. The minimum atomic E-state index is -0.617. The number of Topliss-reactive ketones (excluding diaryl/α,β-unsaturated/α-hetero) is 1. The quantitative estimate of drug-likeness (QED) is 0.498. The van der Waals surface area contributed by atoms with E-state index in [0.717, 1.165) is 21.9 Å². The molecule has 3 aromatic rings. The van der Waals surface area contributed by atoms with Gasteiger partial charge in [-0.1, -0.05) is 72.8 Å². The maximum Gasteiger partial charge on any atom is 0.290 e. The maximum absolute atomic E-state index is 13.3. The Balaban J connectivity index is 1.71. The van der Waals surface area contributed by atoms with Crippen molar-refractivity contribution in [1.82, 2.24) is 4.90 Å². The Morgan fingerprint density at radius 1 is 1.00 bits per heavy atom. The number of hydrogen-bond acceptors (Lipinski definition) is 4. The summed E-state index contributed by atoms with van der Waals surface area (Å²) in [5.41, 5.74) is 2.09. The summed E-state index contributed by atoms with van der Waals surface area (Å²) in [6.07, 6.45) is 1.39. The average Bonchev–Trinajstić information content (AvgIpc) is 3.08. The largest absolute Gasteiger partial charge is 0.503 e. The topological polar surface area (TPSA) is 66.8 Å². The van der Waals surface area contributed by atoms with Gasteiger partial charge in [0.25, 0.3) is 5.91 Å². The van der Waals surface area contributed by atoms with Gasteiger partial charge in [-0.15, -0.1) is 0 Å². The first-order chi connectivity index (χ1) is 15.6. The maximum atomic E-state index is 13.3. The summed E-state index contributed by atoms with van der Waals surface area (Å²) >= 11 is 0. The van der Waals surface area contributed by atoms with Crippen LogP contribution >= 0.6 is 0 Å². The lowest BCUT2D eigenvalue weighted by Crippen LogP contribution is -2.32. The van der Waals surface area contributed by atoms with Crippen LogP contribution < -0.4 is 0 Å². The average molecular weight is 430 g/mol. The third-order valence-corrected chi connectivity index (χ3v) is 5.95. The molecule has 5 nitrogen and oxygen atoms in total. The van der Waals surface area contributed by atoms with Crippen LogP contribution in [-0.4, -0.2) is 42.0 Å². The van der Waals surface area contributed by atoms with E-state index in [9.17, 15) is 14.7 Å². The van der Waals surface area contributed by atoms with Crippen molar-refractivity contribution in [3.05, 3.63) is 95.3 Å². The predicted octanol–water partition coefficient (Wildman–Crippen LogP) is 4.77. The van der Waals surface area contributed by atoms with Crippen LogP contribution in [0.25, 0.3) is 10.8 Å². The SMILES string of the molecule is COCCCN1C(=O)C(O)=C(C(=O)CCc2ccccc2)C1c1cccc2ccccc12. The second-order valence-corrected chi connectivity index (χ2v) is 7.99. The molecular weight excluding hydrogens is 402 g/mol. The number of aliphatic hydroxyl groups is 1. The van der Waals surface area contributed by atoms with Gasteiger partial charge in [-0.3, -0.25) is 9.59 Å². The van der Waals surface area contributed by atoms with Gasteiger partial charge in [0, 0.05) is 26.7 Å². The standard InChI is InChI=1S/C27H27NO4/c1-32-18-8-17-28-25(22-14-7-12-20-11-5-6-13-21(20)22)24(26(30)27(28)31)23(29)16-15-19-9-3-2-4-10-19/h2-7,9-14,25,30H,8,15-18H2,1H3. The van der Waals surface area contributed by atoms with Gasteiger partial charge in [0.05, 0.1) is 11.6 Å². The summed E-state index contributed by atoms with van der Waals surface area (Å²) in [5.74, 6) is -1.13. The van der Waals surface area contributed by atoms with Gasteiger partial charge in [0.15, 0.2) is 11.5 Å². The highest BCUT2D eigenvalue weighted by Gasteiger charge is 2.43. The zero-order chi connectivity index (χ0) is 22.5. The van der Waals surface area contributed by atoms with Crippen molar-refractivity contribution in [1.29, 1.82) is 0 Å². The van der Waals surface area contributed by atoms with E-state index < -0.39 is 17.7 Å². The molecule has 0 aliphatic carbocycles. The van der Waals surface area contributed by atoms with Gasteiger partial charge in [0.1, 0.15) is 0 Å². The van der Waals surface area contributed by atoms with Crippen LogP contribution in [0.3, 0.4) is 0 Å². The van der Waals surface area contributed by atoms with Crippen molar-refractivity contribution in [2.45, 2.75) is 25.3 Å². The molecule has 1 aliphatic heterocycles. The van der Waals surface area contributed by atoms with Gasteiger partial charge < -0.3 is 14.7 Å².